The Morgan fingerprint density at radius 2 is 1.60 bits per heavy atom. The van der Waals surface area contributed by atoms with Gasteiger partial charge in [0.05, 0.1) is 6.54 Å². The lowest BCUT2D eigenvalue weighted by atomic mass is 10.1. The van der Waals surface area contributed by atoms with Crippen LogP contribution >= 0.6 is 0 Å². The van der Waals surface area contributed by atoms with Crippen LogP contribution in [0.5, 0.6) is 5.75 Å². The number of nitrogens with zero attached hydrogens (tertiary/aromatic N) is 1. The van der Waals surface area contributed by atoms with Crippen LogP contribution in [0, 0.1) is 5.41 Å². The van der Waals surface area contributed by atoms with Crippen molar-refractivity contribution in [2.75, 3.05) is 6.54 Å². The molecule has 1 aliphatic rings. The highest BCUT2D eigenvalue weighted by atomic mass is 16.5. The molecule has 12 heteroatoms. The number of hydrogen-bond acceptors (Lipinski definition) is 7. The molecule has 1 fully saturated rings. The Bertz CT molecular complexity index is 1430. The van der Waals surface area contributed by atoms with Gasteiger partial charge < -0.3 is 25.2 Å². The van der Waals surface area contributed by atoms with E-state index in [0.717, 1.165) is 16.0 Å². The second-order valence-electron chi connectivity index (χ2n) is 9.95. The molecule has 43 heavy (non-hydrogen) atoms. The maximum Gasteiger partial charge on any atom is 0.413 e. The van der Waals surface area contributed by atoms with Gasteiger partial charge in [-0.05, 0) is 30.2 Å². The molecule has 3 aromatic rings. The first-order chi connectivity index (χ1) is 20.7. The summed E-state index contributed by atoms with van der Waals surface area (Å²) < 4.78 is 11.0. The van der Waals surface area contributed by atoms with Crippen molar-refractivity contribution in [1.82, 2.24) is 20.9 Å². The zero-order valence-corrected chi connectivity index (χ0v) is 23.5. The van der Waals surface area contributed by atoms with Crippen LogP contribution in [0.2, 0.25) is 0 Å². The molecule has 1 saturated heterocycles. The molecule has 224 valence electrons. The van der Waals surface area contributed by atoms with Crippen LogP contribution in [0.1, 0.15) is 30.0 Å². The molecule has 5 N–H and O–H groups in total. The molecule has 0 spiro atoms. The fourth-order valence-electron chi connectivity index (χ4n) is 4.47. The molecule has 1 aliphatic heterocycles. The molecule has 0 aliphatic carbocycles. The molecular formula is C31H33N5O7. The minimum atomic E-state index is -1.24. The Kier molecular flexibility index (Phi) is 10.3. The van der Waals surface area contributed by atoms with Gasteiger partial charge in [-0.15, -0.1) is 0 Å². The van der Waals surface area contributed by atoms with E-state index in [-0.39, 0.29) is 32.0 Å². The summed E-state index contributed by atoms with van der Waals surface area (Å²) in [5.74, 6) is -0.593. The predicted octanol–water partition coefficient (Wildman–Crippen LogP) is 3.26. The minimum absolute atomic E-state index is 0.0285. The van der Waals surface area contributed by atoms with E-state index in [4.69, 9.17) is 14.9 Å². The Morgan fingerprint density at radius 1 is 0.953 bits per heavy atom. The van der Waals surface area contributed by atoms with E-state index in [1.165, 1.54) is 6.92 Å². The largest absolute Gasteiger partial charge is 0.488 e. The number of hydrogen-bond donors (Lipinski definition) is 5. The highest BCUT2D eigenvalue weighted by Gasteiger charge is 2.41. The normalized spacial score (nSPS) is 16.4. The number of amides is 4. The lowest BCUT2D eigenvalue weighted by Crippen LogP contribution is -2.51. The Hall–Kier alpha value is -5.39. The number of carbonyl (C=O) groups excluding carboxylic acids is 3. The monoisotopic (exact) mass is 587 g/mol. The number of carbonyl (C=O) groups is 4. The summed E-state index contributed by atoms with van der Waals surface area (Å²) >= 11 is 0. The van der Waals surface area contributed by atoms with Crippen LogP contribution in [0.3, 0.4) is 0 Å². The standard InChI is InChI=1S/C31H33N5O7/c1-20(34-29(38)26-16-25(18-36(26)31(40)41)43-24-10-6-3-7-11-24)28(37)33-17-21-12-14-23(15-13-21)27(32)35-30(39)42-19-22-8-4-2-5-9-22/h2-15,20,25-26H,16-19H2,1H3,(H,33,37)(H,34,38)(H,40,41)(H2,32,35,39)/t20-,25-,26+/m0/s1. The van der Waals surface area contributed by atoms with Gasteiger partial charge >= 0.3 is 12.2 Å². The number of carboxylic acid groups (broad SMARTS) is 1. The van der Waals surface area contributed by atoms with Crippen LogP contribution in [-0.2, 0) is 27.5 Å². The van der Waals surface area contributed by atoms with E-state index in [2.05, 4.69) is 16.0 Å². The third-order valence-electron chi connectivity index (χ3n) is 6.76. The first-order valence-corrected chi connectivity index (χ1v) is 13.6. The van der Waals surface area contributed by atoms with E-state index in [1.54, 1.807) is 48.5 Å². The molecule has 0 unspecified atom stereocenters. The van der Waals surface area contributed by atoms with E-state index >= 15 is 0 Å². The first kappa shape index (κ1) is 30.6. The summed E-state index contributed by atoms with van der Waals surface area (Å²) in [7, 11) is 0. The zero-order valence-electron chi connectivity index (χ0n) is 23.5. The number of benzene rings is 3. The van der Waals surface area contributed by atoms with Crippen LogP contribution < -0.4 is 20.7 Å². The van der Waals surface area contributed by atoms with Crippen LogP contribution in [0.4, 0.5) is 9.59 Å². The highest BCUT2D eigenvalue weighted by molar-refractivity contribution is 6.04. The summed E-state index contributed by atoms with van der Waals surface area (Å²) in [5.41, 5.74) is 2.00. The zero-order chi connectivity index (χ0) is 30.8. The van der Waals surface area contributed by atoms with Gasteiger partial charge in [-0.3, -0.25) is 25.2 Å². The number of rotatable bonds is 10. The smallest absolute Gasteiger partial charge is 0.413 e. The minimum Gasteiger partial charge on any atom is -0.488 e. The SMILES string of the molecule is C[C@H](NC(=O)[C@H]1C[C@H](Oc2ccccc2)CN1C(=O)O)C(=O)NCc1ccc(C(=N)NC(=O)OCc2ccccc2)cc1. The van der Waals surface area contributed by atoms with Crippen molar-refractivity contribution in [2.45, 2.75) is 44.7 Å². The highest BCUT2D eigenvalue weighted by Crippen LogP contribution is 2.23. The second kappa shape index (κ2) is 14.5. The third-order valence-corrected chi connectivity index (χ3v) is 6.76. The Labute approximate surface area is 248 Å². The van der Waals surface area contributed by atoms with E-state index in [0.29, 0.717) is 11.3 Å². The fourth-order valence-corrected chi connectivity index (χ4v) is 4.47. The summed E-state index contributed by atoms with van der Waals surface area (Å²) in [6, 6.07) is 22.8. The van der Waals surface area contributed by atoms with Gasteiger partial charge in [-0.25, -0.2) is 9.59 Å². The first-order valence-electron chi connectivity index (χ1n) is 13.6. The third kappa shape index (κ3) is 8.80. The molecule has 12 nitrogen and oxygen atoms in total. The second-order valence-corrected chi connectivity index (χ2v) is 9.95. The van der Waals surface area contributed by atoms with E-state index in [1.807, 2.05) is 36.4 Å². The summed E-state index contributed by atoms with van der Waals surface area (Å²) in [6.45, 7) is 1.77. The van der Waals surface area contributed by atoms with Crippen molar-refractivity contribution in [1.29, 1.82) is 5.41 Å². The van der Waals surface area contributed by atoms with E-state index in [9.17, 15) is 24.3 Å². The van der Waals surface area contributed by atoms with Crippen molar-refractivity contribution in [2.24, 2.45) is 0 Å². The molecule has 0 bridgehead atoms. The number of likely N-dealkylation sites (tertiary alicyclic amines) is 1. The predicted molar refractivity (Wildman–Crippen MR) is 156 cm³/mol. The summed E-state index contributed by atoms with van der Waals surface area (Å²) in [6.07, 6.45) is -2.34. The van der Waals surface area contributed by atoms with Crippen molar-refractivity contribution >= 4 is 29.8 Å². The summed E-state index contributed by atoms with van der Waals surface area (Å²) in [5, 5.41) is 25.4. The Morgan fingerprint density at radius 3 is 2.26 bits per heavy atom. The fraction of sp³-hybridized carbons (Fsp3) is 0.258. The maximum atomic E-state index is 12.9. The molecule has 0 saturated carbocycles. The van der Waals surface area contributed by atoms with Crippen molar-refractivity contribution < 1.29 is 33.8 Å². The maximum absolute atomic E-state index is 12.9. The molecule has 0 radical (unpaired) electrons. The Balaban J connectivity index is 1.22. The van der Waals surface area contributed by atoms with Crippen LogP contribution in [0.25, 0.3) is 0 Å². The molecule has 4 rings (SSSR count). The van der Waals surface area contributed by atoms with Gasteiger partial charge in [0.25, 0.3) is 0 Å². The molecule has 3 atom stereocenters. The van der Waals surface area contributed by atoms with Crippen molar-refractivity contribution in [3.8, 4) is 5.75 Å². The molecule has 0 aromatic heterocycles. The van der Waals surface area contributed by atoms with Crippen LogP contribution in [0.15, 0.2) is 84.9 Å². The number of amidine groups is 1. The number of para-hydroxylation sites is 1. The van der Waals surface area contributed by atoms with Crippen molar-refractivity contribution in [3.05, 3.63) is 102 Å². The number of alkyl carbamates (subject to hydrolysis) is 1. The van der Waals surface area contributed by atoms with Crippen LogP contribution in [-0.4, -0.2) is 64.6 Å². The van der Waals surface area contributed by atoms with Gasteiger partial charge in [0.2, 0.25) is 11.8 Å². The topological polar surface area (TPSA) is 170 Å². The lowest BCUT2D eigenvalue weighted by Gasteiger charge is -2.22. The van der Waals surface area contributed by atoms with Gasteiger partial charge in [-0.1, -0.05) is 72.8 Å². The number of ether oxygens (including phenoxy) is 2. The molecule has 3 aromatic carbocycles. The lowest BCUT2D eigenvalue weighted by molar-refractivity contribution is -0.130. The average molecular weight is 588 g/mol. The molecule has 1 heterocycles. The summed E-state index contributed by atoms with van der Waals surface area (Å²) in [4.78, 5) is 50.4. The van der Waals surface area contributed by atoms with Crippen molar-refractivity contribution in [3.63, 3.8) is 0 Å². The van der Waals surface area contributed by atoms with Gasteiger partial charge in [0, 0.05) is 18.5 Å². The number of nitrogens with one attached hydrogen (secondary N) is 4. The average Bonchev–Trinajstić information content (AvgIpc) is 3.44. The molecular weight excluding hydrogens is 554 g/mol. The van der Waals surface area contributed by atoms with Gasteiger partial charge in [-0.2, -0.15) is 0 Å². The van der Waals surface area contributed by atoms with Gasteiger partial charge in [0.15, 0.2) is 0 Å². The van der Waals surface area contributed by atoms with E-state index < -0.39 is 42.2 Å². The van der Waals surface area contributed by atoms with Gasteiger partial charge in [0.1, 0.15) is 36.4 Å². The molecule has 4 amide bonds. The quantitative estimate of drug-likeness (QED) is 0.179.